The first kappa shape index (κ1) is 21.6. The molecular weight excluding hydrogens is 480 g/mol. The zero-order chi connectivity index (χ0) is 25.4. The maximum absolute atomic E-state index is 4.92. The van der Waals surface area contributed by atoms with Gasteiger partial charge in [0.05, 0.1) is 11.2 Å². The molecule has 0 atom stereocenters. The van der Waals surface area contributed by atoms with E-state index in [0.717, 1.165) is 11.3 Å². The topological polar surface area (TPSA) is 17.3 Å². The summed E-state index contributed by atoms with van der Waals surface area (Å²) in [5, 5.41) is 6.36. The van der Waals surface area contributed by atoms with Crippen LogP contribution in [0.2, 0.25) is 0 Å². The summed E-state index contributed by atoms with van der Waals surface area (Å²) in [6, 6.07) is 39.9. The Balaban J connectivity index is 1.35. The third-order valence-electron chi connectivity index (χ3n) is 7.95. The van der Waals surface area contributed by atoms with Crippen LogP contribution in [0.1, 0.15) is 11.4 Å². The summed E-state index contributed by atoms with van der Waals surface area (Å²) in [5.74, 6) is 0. The van der Waals surface area contributed by atoms with Crippen LogP contribution in [0.25, 0.3) is 69.7 Å². The first-order chi connectivity index (χ1) is 18.7. The quantitative estimate of drug-likeness (QED) is 0.214. The van der Waals surface area contributed by atoms with E-state index in [1.807, 2.05) is 11.3 Å². The Bertz CT molecular complexity index is 2210. The molecule has 0 radical (unpaired) electrons. The number of nitrogens with zero attached hydrogens (tertiary/aromatic N) is 2. The number of fused-ring (bicyclic) bond motifs is 9. The largest absolute Gasteiger partial charge is 0.296 e. The van der Waals surface area contributed by atoms with Crippen LogP contribution in [0.4, 0.5) is 0 Å². The van der Waals surface area contributed by atoms with E-state index in [1.54, 1.807) is 0 Å². The molecule has 0 bridgehead atoms. The number of imidazole rings is 1. The number of benzene rings is 5. The first-order valence-corrected chi connectivity index (χ1v) is 13.8. The van der Waals surface area contributed by atoms with E-state index in [-0.39, 0.29) is 0 Å². The van der Waals surface area contributed by atoms with Gasteiger partial charge in [0.25, 0.3) is 0 Å². The molecule has 0 amide bonds. The fourth-order valence-electron chi connectivity index (χ4n) is 5.97. The van der Waals surface area contributed by atoms with Gasteiger partial charge in [-0.05, 0) is 65.8 Å². The number of hydrogen-bond donors (Lipinski definition) is 0. The molecule has 2 nitrogen and oxygen atoms in total. The highest BCUT2D eigenvalue weighted by atomic mass is 32.1. The number of thiophene rings is 1. The van der Waals surface area contributed by atoms with E-state index in [1.165, 1.54) is 69.8 Å². The zero-order valence-electron chi connectivity index (χ0n) is 21.2. The lowest BCUT2D eigenvalue weighted by molar-refractivity contribution is 1.14. The average molecular weight is 505 g/mol. The van der Waals surface area contributed by atoms with E-state index in [4.69, 9.17) is 4.98 Å². The molecule has 8 aromatic rings. The predicted molar refractivity (Wildman–Crippen MR) is 163 cm³/mol. The van der Waals surface area contributed by atoms with Crippen molar-refractivity contribution in [1.82, 2.24) is 9.38 Å². The Kier molecular flexibility index (Phi) is 4.55. The highest BCUT2D eigenvalue weighted by Gasteiger charge is 2.15. The van der Waals surface area contributed by atoms with E-state index in [0.29, 0.717) is 0 Å². The minimum atomic E-state index is 1.04. The van der Waals surface area contributed by atoms with Crippen molar-refractivity contribution < 1.29 is 0 Å². The summed E-state index contributed by atoms with van der Waals surface area (Å²) in [4.78, 5) is 4.92. The van der Waals surface area contributed by atoms with E-state index >= 15 is 0 Å². The van der Waals surface area contributed by atoms with Gasteiger partial charge in [0.15, 0.2) is 0 Å². The summed E-state index contributed by atoms with van der Waals surface area (Å²) in [7, 11) is 0. The van der Waals surface area contributed by atoms with Crippen molar-refractivity contribution in [1.29, 1.82) is 0 Å². The van der Waals surface area contributed by atoms with Crippen LogP contribution in [-0.4, -0.2) is 9.38 Å². The molecule has 0 spiro atoms. The van der Waals surface area contributed by atoms with Crippen molar-refractivity contribution in [3.63, 3.8) is 0 Å². The van der Waals surface area contributed by atoms with E-state index < -0.39 is 0 Å². The van der Waals surface area contributed by atoms with E-state index in [2.05, 4.69) is 127 Å². The van der Waals surface area contributed by atoms with Crippen LogP contribution in [0, 0.1) is 13.8 Å². The third-order valence-corrected chi connectivity index (χ3v) is 9.17. The minimum Gasteiger partial charge on any atom is -0.296 e. The Morgan fingerprint density at radius 3 is 2.18 bits per heavy atom. The highest BCUT2D eigenvalue weighted by molar-refractivity contribution is 7.26. The number of pyridine rings is 1. The molecule has 0 saturated heterocycles. The minimum absolute atomic E-state index is 1.04. The van der Waals surface area contributed by atoms with Gasteiger partial charge in [-0.1, -0.05) is 84.9 Å². The molecule has 0 aliphatic rings. The zero-order valence-corrected chi connectivity index (χ0v) is 22.0. The first-order valence-electron chi connectivity index (χ1n) is 13.0. The molecule has 180 valence electrons. The molecule has 3 heteroatoms. The predicted octanol–water partition coefficient (Wildman–Crippen LogP) is 9.96. The van der Waals surface area contributed by atoms with Gasteiger partial charge in [-0.15, -0.1) is 11.3 Å². The monoisotopic (exact) mass is 504 g/mol. The number of rotatable bonds is 2. The average Bonchev–Trinajstić information content (AvgIpc) is 3.50. The van der Waals surface area contributed by atoms with Gasteiger partial charge in [-0.2, -0.15) is 0 Å². The second kappa shape index (κ2) is 8.01. The Morgan fingerprint density at radius 1 is 0.579 bits per heavy atom. The second-order valence-corrected chi connectivity index (χ2v) is 11.1. The molecule has 0 aliphatic heterocycles. The molecule has 0 saturated carbocycles. The summed E-state index contributed by atoms with van der Waals surface area (Å²) in [5.41, 5.74) is 9.51. The van der Waals surface area contributed by atoms with Gasteiger partial charge < -0.3 is 0 Å². The van der Waals surface area contributed by atoms with Gasteiger partial charge in [0, 0.05) is 36.6 Å². The van der Waals surface area contributed by atoms with Gasteiger partial charge >= 0.3 is 0 Å². The maximum atomic E-state index is 4.92. The molecule has 0 unspecified atom stereocenters. The molecular formula is C35H24N2S. The van der Waals surface area contributed by atoms with Crippen molar-refractivity contribution in [2.75, 3.05) is 0 Å². The molecule has 0 aliphatic carbocycles. The fraction of sp³-hybridized carbons (Fsp3) is 0.0571. The van der Waals surface area contributed by atoms with Gasteiger partial charge in [0.1, 0.15) is 5.65 Å². The normalized spacial score (nSPS) is 11.9. The molecule has 0 N–H and O–H groups in total. The van der Waals surface area contributed by atoms with Gasteiger partial charge in [-0.3, -0.25) is 4.40 Å². The standard InChI is InChI=1S/C35H24N2S/c1-21-22(2)37-32-18-17-24(20-31(32)27-11-3-4-13-30(27)35(37)36-21)23-9-7-10-25(19-23)26-14-8-15-29-28-12-5-6-16-33(28)38-34(26)29/h3-20H,1-2H3. The van der Waals surface area contributed by atoms with Crippen LogP contribution >= 0.6 is 11.3 Å². The van der Waals surface area contributed by atoms with Crippen LogP contribution in [0.3, 0.4) is 0 Å². The smallest absolute Gasteiger partial charge is 0.145 e. The molecule has 5 aromatic carbocycles. The van der Waals surface area contributed by atoms with Crippen LogP contribution in [0.5, 0.6) is 0 Å². The molecule has 38 heavy (non-hydrogen) atoms. The molecule has 3 heterocycles. The van der Waals surface area contributed by atoms with Crippen molar-refractivity contribution >= 4 is 58.8 Å². The molecule has 0 fully saturated rings. The molecule has 3 aromatic heterocycles. The second-order valence-electron chi connectivity index (χ2n) is 10.1. The lowest BCUT2D eigenvalue weighted by Gasteiger charge is -2.12. The number of hydrogen-bond acceptors (Lipinski definition) is 2. The number of aromatic nitrogens is 2. The van der Waals surface area contributed by atoms with Crippen molar-refractivity contribution in [3.05, 3.63) is 121 Å². The summed E-state index contributed by atoms with van der Waals surface area (Å²) in [6.07, 6.45) is 0. The number of aryl methyl sites for hydroxylation is 2. The van der Waals surface area contributed by atoms with Crippen LogP contribution < -0.4 is 0 Å². The fourth-order valence-corrected chi connectivity index (χ4v) is 7.20. The third kappa shape index (κ3) is 3.03. The summed E-state index contributed by atoms with van der Waals surface area (Å²) in [6.45, 7) is 4.26. The van der Waals surface area contributed by atoms with Crippen molar-refractivity contribution in [3.8, 4) is 22.3 Å². The van der Waals surface area contributed by atoms with E-state index in [9.17, 15) is 0 Å². The Morgan fingerprint density at radius 2 is 1.29 bits per heavy atom. The molecule has 8 rings (SSSR count). The SMILES string of the molecule is Cc1nc2c3ccccc3c3cc(-c4cccc(-c5cccc6c5sc5ccccc56)c4)ccc3n2c1C. The maximum Gasteiger partial charge on any atom is 0.145 e. The van der Waals surface area contributed by atoms with Gasteiger partial charge in [-0.25, -0.2) is 4.98 Å². The Labute approximate surface area is 224 Å². The summed E-state index contributed by atoms with van der Waals surface area (Å²) < 4.78 is 5.00. The highest BCUT2D eigenvalue weighted by Crippen LogP contribution is 2.41. The van der Waals surface area contributed by atoms with Crippen LogP contribution in [-0.2, 0) is 0 Å². The Hall–Kier alpha value is -4.47. The van der Waals surface area contributed by atoms with Crippen molar-refractivity contribution in [2.45, 2.75) is 13.8 Å². The van der Waals surface area contributed by atoms with Crippen LogP contribution in [0.15, 0.2) is 109 Å². The van der Waals surface area contributed by atoms with Gasteiger partial charge in [0.2, 0.25) is 0 Å². The summed E-state index contributed by atoms with van der Waals surface area (Å²) >= 11 is 1.88. The van der Waals surface area contributed by atoms with Crippen molar-refractivity contribution in [2.24, 2.45) is 0 Å². The lowest BCUT2D eigenvalue weighted by Crippen LogP contribution is -1.94. The lowest BCUT2D eigenvalue weighted by atomic mass is 9.96.